The number of ether oxygens (including phenoxy) is 1. The van der Waals surface area contributed by atoms with Crippen molar-refractivity contribution in [1.29, 1.82) is 0 Å². The highest BCUT2D eigenvalue weighted by Gasteiger charge is 2.23. The molecule has 3 nitrogen and oxygen atoms in total. The van der Waals surface area contributed by atoms with Crippen LogP contribution in [-0.2, 0) is 9.53 Å². The number of piperidine rings is 1. The number of nitrogens with one attached hydrogen (secondary N) is 1. The maximum absolute atomic E-state index is 11.0. The SMILES string of the molecule is COC(=O)CC1CCNCC1C.Cl. The van der Waals surface area contributed by atoms with E-state index in [1.54, 1.807) is 0 Å². The van der Waals surface area contributed by atoms with Gasteiger partial charge in [0, 0.05) is 6.42 Å². The van der Waals surface area contributed by atoms with Gasteiger partial charge in [-0.15, -0.1) is 12.4 Å². The maximum atomic E-state index is 11.0. The Morgan fingerprint density at radius 1 is 1.62 bits per heavy atom. The van der Waals surface area contributed by atoms with E-state index in [-0.39, 0.29) is 18.4 Å². The third kappa shape index (κ3) is 3.96. The third-order valence-electron chi connectivity index (χ3n) is 2.62. The van der Waals surface area contributed by atoms with Gasteiger partial charge in [0.15, 0.2) is 0 Å². The summed E-state index contributed by atoms with van der Waals surface area (Å²) in [6, 6.07) is 0. The summed E-state index contributed by atoms with van der Waals surface area (Å²) in [6.45, 7) is 4.24. The molecule has 0 aliphatic carbocycles. The number of esters is 1. The van der Waals surface area contributed by atoms with Gasteiger partial charge in [0.1, 0.15) is 0 Å². The van der Waals surface area contributed by atoms with E-state index in [2.05, 4.69) is 17.0 Å². The van der Waals surface area contributed by atoms with Crippen molar-refractivity contribution in [3.63, 3.8) is 0 Å². The Morgan fingerprint density at radius 2 is 2.31 bits per heavy atom. The molecule has 0 saturated carbocycles. The van der Waals surface area contributed by atoms with Gasteiger partial charge >= 0.3 is 5.97 Å². The summed E-state index contributed by atoms with van der Waals surface area (Å²) in [6.07, 6.45) is 1.68. The second-order valence-corrected chi connectivity index (χ2v) is 3.51. The lowest BCUT2D eigenvalue weighted by atomic mass is 9.85. The van der Waals surface area contributed by atoms with E-state index in [1.165, 1.54) is 7.11 Å². The van der Waals surface area contributed by atoms with Gasteiger partial charge in [0.2, 0.25) is 0 Å². The predicted octanol–water partition coefficient (Wildman–Crippen LogP) is 1.22. The highest BCUT2D eigenvalue weighted by atomic mass is 35.5. The summed E-state index contributed by atoms with van der Waals surface area (Å²) < 4.78 is 4.64. The zero-order valence-electron chi connectivity index (χ0n) is 8.21. The van der Waals surface area contributed by atoms with Gasteiger partial charge in [0.25, 0.3) is 0 Å². The van der Waals surface area contributed by atoms with Crippen molar-refractivity contribution in [3.05, 3.63) is 0 Å². The fourth-order valence-corrected chi connectivity index (χ4v) is 1.67. The minimum absolute atomic E-state index is 0. The van der Waals surface area contributed by atoms with Crippen molar-refractivity contribution in [3.8, 4) is 0 Å². The van der Waals surface area contributed by atoms with Crippen LogP contribution in [0.5, 0.6) is 0 Å². The van der Waals surface area contributed by atoms with E-state index in [1.807, 2.05) is 0 Å². The maximum Gasteiger partial charge on any atom is 0.305 e. The molecule has 1 aliphatic heterocycles. The lowest BCUT2D eigenvalue weighted by molar-refractivity contribution is -0.142. The Labute approximate surface area is 85.6 Å². The number of carbonyl (C=O) groups is 1. The summed E-state index contributed by atoms with van der Waals surface area (Å²) in [7, 11) is 1.45. The monoisotopic (exact) mass is 207 g/mol. The van der Waals surface area contributed by atoms with Crippen molar-refractivity contribution in [2.75, 3.05) is 20.2 Å². The summed E-state index contributed by atoms with van der Waals surface area (Å²) in [4.78, 5) is 11.0. The zero-order valence-corrected chi connectivity index (χ0v) is 9.02. The molecule has 13 heavy (non-hydrogen) atoms. The first-order chi connectivity index (χ1) is 5.74. The molecule has 0 radical (unpaired) electrons. The zero-order chi connectivity index (χ0) is 8.97. The van der Waals surface area contributed by atoms with Gasteiger partial charge in [0.05, 0.1) is 7.11 Å². The standard InChI is InChI=1S/C9H17NO2.ClH/c1-7-6-10-4-3-8(7)5-9(11)12-2;/h7-8,10H,3-6H2,1-2H3;1H. The van der Waals surface area contributed by atoms with Crippen molar-refractivity contribution < 1.29 is 9.53 Å². The molecular formula is C9H18ClNO2. The Hall–Kier alpha value is -0.280. The van der Waals surface area contributed by atoms with Crippen molar-refractivity contribution >= 4 is 18.4 Å². The van der Waals surface area contributed by atoms with Gasteiger partial charge in [-0.2, -0.15) is 0 Å². The molecule has 0 aromatic heterocycles. The molecule has 0 aromatic rings. The summed E-state index contributed by atoms with van der Waals surface area (Å²) in [5.74, 6) is 1.03. The van der Waals surface area contributed by atoms with E-state index < -0.39 is 0 Å². The predicted molar refractivity (Wildman–Crippen MR) is 54.0 cm³/mol. The van der Waals surface area contributed by atoms with Crippen LogP contribution in [0.4, 0.5) is 0 Å². The number of hydrogen-bond acceptors (Lipinski definition) is 3. The number of rotatable bonds is 2. The molecule has 0 aromatic carbocycles. The Balaban J connectivity index is 0.00000144. The lowest BCUT2D eigenvalue weighted by Gasteiger charge is -2.28. The van der Waals surface area contributed by atoms with Crippen molar-refractivity contribution in [2.45, 2.75) is 19.8 Å². The average molecular weight is 208 g/mol. The van der Waals surface area contributed by atoms with Crippen LogP contribution in [0.3, 0.4) is 0 Å². The number of halogens is 1. The first-order valence-corrected chi connectivity index (χ1v) is 4.51. The average Bonchev–Trinajstić information content (AvgIpc) is 2.09. The molecule has 78 valence electrons. The quantitative estimate of drug-likeness (QED) is 0.692. The third-order valence-corrected chi connectivity index (χ3v) is 2.62. The molecule has 1 N–H and O–H groups in total. The van der Waals surface area contributed by atoms with Crippen LogP contribution in [0.25, 0.3) is 0 Å². The summed E-state index contributed by atoms with van der Waals surface area (Å²) >= 11 is 0. The summed E-state index contributed by atoms with van der Waals surface area (Å²) in [5.41, 5.74) is 0. The molecule has 0 bridgehead atoms. The van der Waals surface area contributed by atoms with Crippen LogP contribution >= 0.6 is 12.4 Å². The second kappa shape index (κ2) is 6.22. The highest BCUT2D eigenvalue weighted by molar-refractivity contribution is 5.85. The van der Waals surface area contributed by atoms with Crippen LogP contribution < -0.4 is 5.32 Å². The molecule has 0 spiro atoms. The molecule has 2 unspecified atom stereocenters. The molecule has 1 heterocycles. The molecule has 2 atom stereocenters. The van der Waals surface area contributed by atoms with E-state index >= 15 is 0 Å². The fraction of sp³-hybridized carbons (Fsp3) is 0.889. The Kier molecular flexibility index (Phi) is 6.08. The van der Waals surface area contributed by atoms with Crippen LogP contribution in [0.15, 0.2) is 0 Å². The second-order valence-electron chi connectivity index (χ2n) is 3.51. The molecule has 1 saturated heterocycles. The first kappa shape index (κ1) is 12.7. The van der Waals surface area contributed by atoms with Crippen LogP contribution in [0.1, 0.15) is 19.8 Å². The van der Waals surface area contributed by atoms with Crippen LogP contribution in [0.2, 0.25) is 0 Å². The molecule has 4 heteroatoms. The fourth-order valence-electron chi connectivity index (χ4n) is 1.67. The van der Waals surface area contributed by atoms with E-state index in [0.29, 0.717) is 18.3 Å². The number of methoxy groups -OCH3 is 1. The molecule has 1 fully saturated rings. The largest absolute Gasteiger partial charge is 0.469 e. The first-order valence-electron chi connectivity index (χ1n) is 4.51. The van der Waals surface area contributed by atoms with Gasteiger partial charge in [-0.05, 0) is 31.3 Å². The number of hydrogen-bond donors (Lipinski definition) is 1. The van der Waals surface area contributed by atoms with Gasteiger partial charge in [-0.1, -0.05) is 6.92 Å². The number of carbonyl (C=O) groups excluding carboxylic acids is 1. The van der Waals surface area contributed by atoms with Gasteiger partial charge in [-0.3, -0.25) is 4.79 Å². The highest BCUT2D eigenvalue weighted by Crippen LogP contribution is 2.22. The van der Waals surface area contributed by atoms with Crippen molar-refractivity contribution in [2.24, 2.45) is 11.8 Å². The lowest BCUT2D eigenvalue weighted by Crippen LogP contribution is -2.36. The van der Waals surface area contributed by atoms with Gasteiger partial charge < -0.3 is 10.1 Å². The Morgan fingerprint density at radius 3 is 2.85 bits per heavy atom. The smallest absolute Gasteiger partial charge is 0.305 e. The normalized spacial score (nSPS) is 27.5. The van der Waals surface area contributed by atoms with Gasteiger partial charge in [-0.25, -0.2) is 0 Å². The Bertz CT molecular complexity index is 164. The van der Waals surface area contributed by atoms with E-state index in [0.717, 1.165) is 19.5 Å². The van der Waals surface area contributed by atoms with Crippen LogP contribution in [0, 0.1) is 11.8 Å². The minimum atomic E-state index is -0.0752. The molecule has 0 amide bonds. The van der Waals surface area contributed by atoms with Crippen molar-refractivity contribution in [1.82, 2.24) is 5.32 Å². The molecule has 1 aliphatic rings. The topological polar surface area (TPSA) is 38.3 Å². The molecule has 1 rings (SSSR count). The summed E-state index contributed by atoms with van der Waals surface area (Å²) in [5, 5.41) is 3.30. The van der Waals surface area contributed by atoms with Crippen LogP contribution in [-0.4, -0.2) is 26.2 Å². The minimum Gasteiger partial charge on any atom is -0.469 e. The van der Waals surface area contributed by atoms with E-state index in [4.69, 9.17) is 0 Å². The molecular weight excluding hydrogens is 190 g/mol. The van der Waals surface area contributed by atoms with E-state index in [9.17, 15) is 4.79 Å².